The van der Waals surface area contributed by atoms with E-state index in [9.17, 15) is 5.26 Å². The van der Waals surface area contributed by atoms with Crippen molar-refractivity contribution >= 4 is 5.82 Å². The Bertz CT molecular complexity index is 596. The van der Waals surface area contributed by atoms with Crippen LogP contribution in [0.15, 0.2) is 29.0 Å². The lowest BCUT2D eigenvalue weighted by Gasteiger charge is -2.28. The van der Waals surface area contributed by atoms with Crippen LogP contribution >= 0.6 is 0 Å². The fourth-order valence-corrected chi connectivity index (χ4v) is 2.09. The monoisotopic (exact) mass is 255 g/mol. The fourth-order valence-electron chi connectivity index (χ4n) is 2.09. The summed E-state index contributed by atoms with van der Waals surface area (Å²) in [6.07, 6.45) is 3.14. The van der Waals surface area contributed by atoms with Gasteiger partial charge in [0.2, 0.25) is 0 Å². The van der Waals surface area contributed by atoms with Crippen LogP contribution in [0.2, 0.25) is 0 Å². The molecular weight excluding hydrogens is 242 g/mol. The van der Waals surface area contributed by atoms with Crippen molar-refractivity contribution in [2.45, 2.75) is 0 Å². The summed E-state index contributed by atoms with van der Waals surface area (Å²) in [4.78, 5) is 10.8. The van der Waals surface area contributed by atoms with Crippen molar-refractivity contribution in [2.24, 2.45) is 0 Å². The highest BCUT2D eigenvalue weighted by molar-refractivity contribution is 5.58. The average molecular weight is 255 g/mol. The van der Waals surface area contributed by atoms with Gasteiger partial charge >= 0.3 is 0 Å². The maximum Gasteiger partial charge on any atom is 0.197 e. The maximum absolute atomic E-state index is 9.17. The van der Waals surface area contributed by atoms with Crippen molar-refractivity contribution < 1.29 is 4.42 Å². The molecule has 1 N–H and O–H groups in total. The van der Waals surface area contributed by atoms with E-state index in [1.807, 2.05) is 6.07 Å². The lowest BCUT2D eigenvalue weighted by atomic mass is 10.2. The van der Waals surface area contributed by atoms with Gasteiger partial charge < -0.3 is 14.6 Å². The number of furan rings is 1. The summed E-state index contributed by atoms with van der Waals surface area (Å²) in [5.41, 5.74) is 0.497. The number of nitrogens with one attached hydrogen (secondary N) is 1. The van der Waals surface area contributed by atoms with Crippen molar-refractivity contribution in [2.75, 3.05) is 31.1 Å². The first-order chi connectivity index (χ1) is 9.38. The molecule has 96 valence electrons. The predicted octanol–water partition coefficient (Wildman–Crippen LogP) is 1.02. The van der Waals surface area contributed by atoms with E-state index >= 15 is 0 Å². The van der Waals surface area contributed by atoms with Crippen LogP contribution in [0.1, 0.15) is 5.56 Å². The molecule has 6 heteroatoms. The number of anilines is 1. The van der Waals surface area contributed by atoms with Gasteiger partial charge in [0.1, 0.15) is 11.6 Å². The first kappa shape index (κ1) is 11.7. The van der Waals surface area contributed by atoms with Crippen LogP contribution in [0.25, 0.3) is 11.6 Å². The third-order valence-corrected chi connectivity index (χ3v) is 3.05. The minimum atomic E-state index is 0.497. The third-order valence-electron chi connectivity index (χ3n) is 3.05. The number of hydrogen-bond donors (Lipinski definition) is 1. The lowest BCUT2D eigenvalue weighted by Crippen LogP contribution is -2.44. The van der Waals surface area contributed by atoms with Crippen molar-refractivity contribution in [1.29, 1.82) is 5.26 Å². The fraction of sp³-hybridized carbons (Fsp3) is 0.308. The molecule has 0 saturated carbocycles. The molecule has 0 bridgehead atoms. The summed E-state index contributed by atoms with van der Waals surface area (Å²) in [7, 11) is 0. The first-order valence-corrected chi connectivity index (χ1v) is 6.15. The Labute approximate surface area is 110 Å². The highest BCUT2D eigenvalue weighted by atomic mass is 16.3. The molecule has 1 aliphatic rings. The van der Waals surface area contributed by atoms with Crippen LogP contribution in [0.5, 0.6) is 0 Å². The van der Waals surface area contributed by atoms with E-state index in [1.54, 1.807) is 18.5 Å². The van der Waals surface area contributed by atoms with Crippen molar-refractivity contribution in [3.8, 4) is 17.7 Å². The molecule has 1 aliphatic heterocycles. The number of hydrogen-bond acceptors (Lipinski definition) is 6. The van der Waals surface area contributed by atoms with E-state index in [2.05, 4.69) is 26.3 Å². The Morgan fingerprint density at radius 3 is 2.89 bits per heavy atom. The smallest absolute Gasteiger partial charge is 0.197 e. The Hall–Kier alpha value is -2.39. The molecule has 0 spiro atoms. The Morgan fingerprint density at radius 2 is 2.21 bits per heavy atom. The second kappa shape index (κ2) is 5.08. The van der Waals surface area contributed by atoms with Gasteiger partial charge in [-0.2, -0.15) is 5.26 Å². The summed E-state index contributed by atoms with van der Waals surface area (Å²) >= 11 is 0. The minimum Gasteiger partial charge on any atom is -0.461 e. The van der Waals surface area contributed by atoms with Crippen LogP contribution in [-0.4, -0.2) is 36.1 Å². The number of nitriles is 1. The van der Waals surface area contributed by atoms with Gasteiger partial charge in [-0.15, -0.1) is 0 Å². The molecule has 3 rings (SSSR count). The molecule has 0 unspecified atom stereocenters. The highest BCUT2D eigenvalue weighted by Crippen LogP contribution is 2.22. The standard InChI is InChI=1S/C13H13N5O/c14-8-10-9-16-12(11-2-1-7-19-11)17-13(10)18-5-3-15-4-6-18/h1-2,7,9,15H,3-6H2. The SMILES string of the molecule is N#Cc1cnc(-c2ccco2)nc1N1CCNCC1. The Balaban J connectivity index is 2.00. The molecule has 2 aromatic heterocycles. The summed E-state index contributed by atoms with van der Waals surface area (Å²) in [5.74, 6) is 1.81. The van der Waals surface area contributed by atoms with Gasteiger partial charge in [-0.05, 0) is 12.1 Å². The van der Waals surface area contributed by atoms with Crippen LogP contribution in [0.3, 0.4) is 0 Å². The van der Waals surface area contributed by atoms with E-state index in [0.717, 1.165) is 26.2 Å². The highest BCUT2D eigenvalue weighted by Gasteiger charge is 2.18. The van der Waals surface area contributed by atoms with Crippen molar-refractivity contribution in [3.63, 3.8) is 0 Å². The van der Waals surface area contributed by atoms with E-state index in [-0.39, 0.29) is 0 Å². The van der Waals surface area contributed by atoms with Gasteiger partial charge in [0, 0.05) is 26.2 Å². The Kier molecular flexibility index (Phi) is 3.12. The van der Waals surface area contributed by atoms with E-state index < -0.39 is 0 Å². The topological polar surface area (TPSA) is 78.0 Å². The number of piperazine rings is 1. The zero-order chi connectivity index (χ0) is 13.1. The van der Waals surface area contributed by atoms with E-state index in [4.69, 9.17) is 4.42 Å². The molecule has 0 atom stereocenters. The van der Waals surface area contributed by atoms with Gasteiger partial charge in [0.15, 0.2) is 17.4 Å². The predicted molar refractivity (Wildman–Crippen MR) is 69.5 cm³/mol. The molecule has 0 aromatic carbocycles. The van der Waals surface area contributed by atoms with Crippen LogP contribution in [0, 0.1) is 11.3 Å². The zero-order valence-corrected chi connectivity index (χ0v) is 10.3. The minimum absolute atomic E-state index is 0.497. The molecule has 0 radical (unpaired) electrons. The normalized spacial score (nSPS) is 15.2. The summed E-state index contributed by atoms with van der Waals surface area (Å²) in [5, 5.41) is 12.5. The van der Waals surface area contributed by atoms with Crippen molar-refractivity contribution in [1.82, 2.24) is 15.3 Å². The zero-order valence-electron chi connectivity index (χ0n) is 10.3. The summed E-state index contributed by atoms with van der Waals surface area (Å²) in [6.45, 7) is 3.46. The van der Waals surface area contributed by atoms with E-state index in [0.29, 0.717) is 23.0 Å². The van der Waals surface area contributed by atoms with Gasteiger partial charge in [-0.1, -0.05) is 0 Å². The molecule has 2 aromatic rings. The average Bonchev–Trinajstić information content (AvgIpc) is 3.02. The molecule has 0 aliphatic carbocycles. The van der Waals surface area contributed by atoms with Gasteiger partial charge in [0.25, 0.3) is 0 Å². The van der Waals surface area contributed by atoms with Crippen LogP contribution < -0.4 is 10.2 Å². The maximum atomic E-state index is 9.17. The van der Waals surface area contributed by atoms with Crippen molar-refractivity contribution in [3.05, 3.63) is 30.2 Å². The van der Waals surface area contributed by atoms with Gasteiger partial charge in [0.05, 0.1) is 12.5 Å². The van der Waals surface area contributed by atoms with Crippen LogP contribution in [-0.2, 0) is 0 Å². The van der Waals surface area contributed by atoms with Gasteiger partial charge in [-0.3, -0.25) is 0 Å². The molecule has 0 amide bonds. The Morgan fingerprint density at radius 1 is 1.37 bits per heavy atom. The number of aromatic nitrogens is 2. The summed E-state index contributed by atoms with van der Waals surface area (Å²) < 4.78 is 5.30. The lowest BCUT2D eigenvalue weighted by molar-refractivity contribution is 0.573. The van der Waals surface area contributed by atoms with Gasteiger partial charge in [-0.25, -0.2) is 9.97 Å². The van der Waals surface area contributed by atoms with E-state index in [1.165, 1.54) is 0 Å². The molecular formula is C13H13N5O. The second-order valence-corrected chi connectivity index (χ2v) is 4.26. The molecule has 1 fully saturated rings. The number of rotatable bonds is 2. The molecule has 3 heterocycles. The quantitative estimate of drug-likeness (QED) is 0.863. The largest absolute Gasteiger partial charge is 0.461 e. The second-order valence-electron chi connectivity index (χ2n) is 4.26. The first-order valence-electron chi connectivity index (χ1n) is 6.15. The number of nitrogens with zero attached hydrogens (tertiary/aromatic N) is 4. The molecule has 6 nitrogen and oxygen atoms in total. The molecule has 1 saturated heterocycles. The third kappa shape index (κ3) is 2.28. The molecule has 19 heavy (non-hydrogen) atoms. The van der Waals surface area contributed by atoms with Crippen LogP contribution in [0.4, 0.5) is 5.82 Å². The summed E-state index contributed by atoms with van der Waals surface area (Å²) in [6, 6.07) is 5.75.